The largest absolute Gasteiger partial charge is 0.496 e. The van der Waals surface area contributed by atoms with Crippen LogP contribution in [0.1, 0.15) is 11.1 Å². The highest BCUT2D eigenvalue weighted by Crippen LogP contribution is 2.25. The number of pyridine rings is 1. The molecule has 1 fully saturated rings. The van der Waals surface area contributed by atoms with E-state index in [9.17, 15) is 9.59 Å². The Morgan fingerprint density at radius 1 is 1.32 bits per heavy atom. The average molecular weight is 451 g/mol. The monoisotopic (exact) mass is 451 g/mol. The van der Waals surface area contributed by atoms with E-state index in [1.54, 1.807) is 24.4 Å². The average Bonchev–Trinajstić information content (AvgIpc) is 2.61. The van der Waals surface area contributed by atoms with Crippen molar-refractivity contribution in [2.24, 2.45) is 0 Å². The SMILES string of the molecule is COc1cccc(CC2NC(=O)CN(Cc3cccnc3)C2=O)c1I. The molecule has 0 spiro atoms. The molecule has 2 aromatic rings. The van der Waals surface area contributed by atoms with E-state index >= 15 is 0 Å². The van der Waals surface area contributed by atoms with Crippen molar-refractivity contribution in [3.63, 3.8) is 0 Å². The standard InChI is InChI=1S/C18H18IN3O3/c1-25-15-6-2-5-13(17(15)19)8-14-18(24)22(11-16(23)21-14)10-12-4-3-7-20-9-12/h2-7,9,14H,8,10-11H2,1H3,(H,21,23). The van der Waals surface area contributed by atoms with E-state index in [0.717, 1.165) is 20.4 Å². The zero-order valence-electron chi connectivity index (χ0n) is 13.7. The van der Waals surface area contributed by atoms with Gasteiger partial charge in [0.2, 0.25) is 11.8 Å². The third-order valence-electron chi connectivity index (χ3n) is 4.06. The predicted octanol–water partition coefficient (Wildman–Crippen LogP) is 1.76. The maximum atomic E-state index is 12.8. The summed E-state index contributed by atoms with van der Waals surface area (Å²) in [6, 6.07) is 8.86. The van der Waals surface area contributed by atoms with Crippen molar-refractivity contribution in [3.05, 3.63) is 57.4 Å². The second kappa shape index (κ2) is 7.81. The fourth-order valence-corrected chi connectivity index (χ4v) is 3.65. The van der Waals surface area contributed by atoms with Crippen molar-refractivity contribution in [2.45, 2.75) is 19.0 Å². The molecule has 1 N–H and O–H groups in total. The third-order valence-corrected chi connectivity index (χ3v) is 5.29. The van der Waals surface area contributed by atoms with E-state index in [0.29, 0.717) is 13.0 Å². The lowest BCUT2D eigenvalue weighted by molar-refractivity contribution is -0.144. The summed E-state index contributed by atoms with van der Waals surface area (Å²) < 4.78 is 6.28. The van der Waals surface area contributed by atoms with Crippen LogP contribution in [-0.2, 0) is 22.6 Å². The lowest BCUT2D eigenvalue weighted by Crippen LogP contribution is -2.58. The zero-order valence-corrected chi connectivity index (χ0v) is 15.9. The molecule has 7 heteroatoms. The lowest BCUT2D eigenvalue weighted by Gasteiger charge is -2.32. The number of carbonyl (C=O) groups is 2. The molecular weight excluding hydrogens is 433 g/mol. The lowest BCUT2D eigenvalue weighted by atomic mass is 10.0. The molecule has 2 amide bonds. The number of nitrogens with zero attached hydrogens (tertiary/aromatic N) is 2. The molecule has 0 radical (unpaired) electrons. The smallest absolute Gasteiger partial charge is 0.246 e. The number of methoxy groups -OCH3 is 1. The molecule has 1 aromatic carbocycles. The molecule has 1 aliphatic rings. The first-order valence-electron chi connectivity index (χ1n) is 7.87. The van der Waals surface area contributed by atoms with E-state index < -0.39 is 6.04 Å². The highest BCUT2D eigenvalue weighted by molar-refractivity contribution is 14.1. The van der Waals surface area contributed by atoms with Crippen LogP contribution in [0.4, 0.5) is 0 Å². The summed E-state index contributed by atoms with van der Waals surface area (Å²) in [7, 11) is 1.62. The summed E-state index contributed by atoms with van der Waals surface area (Å²) >= 11 is 2.20. The number of ether oxygens (including phenoxy) is 1. The van der Waals surface area contributed by atoms with Gasteiger partial charge in [-0.25, -0.2) is 0 Å². The molecule has 3 rings (SSSR count). The van der Waals surface area contributed by atoms with Crippen molar-refractivity contribution in [2.75, 3.05) is 13.7 Å². The topological polar surface area (TPSA) is 71.5 Å². The number of hydrogen-bond donors (Lipinski definition) is 1. The van der Waals surface area contributed by atoms with Gasteiger partial charge < -0.3 is 15.0 Å². The molecule has 0 saturated carbocycles. The Kier molecular flexibility index (Phi) is 5.52. The summed E-state index contributed by atoms with van der Waals surface area (Å²) in [4.78, 5) is 30.5. The Bertz CT molecular complexity index is 782. The molecule has 1 atom stereocenters. The van der Waals surface area contributed by atoms with Crippen LogP contribution in [-0.4, -0.2) is 41.4 Å². The van der Waals surface area contributed by atoms with Crippen LogP contribution >= 0.6 is 22.6 Å². The van der Waals surface area contributed by atoms with Crippen LogP contribution in [0.3, 0.4) is 0 Å². The van der Waals surface area contributed by atoms with Crippen LogP contribution in [0.15, 0.2) is 42.7 Å². The number of piperazine rings is 1. The van der Waals surface area contributed by atoms with E-state index in [1.807, 2.05) is 30.3 Å². The third kappa shape index (κ3) is 4.09. The number of carbonyl (C=O) groups excluding carboxylic acids is 2. The number of hydrogen-bond acceptors (Lipinski definition) is 4. The molecule has 2 heterocycles. The van der Waals surface area contributed by atoms with Gasteiger partial charge in [0, 0.05) is 25.4 Å². The summed E-state index contributed by atoms with van der Waals surface area (Å²) in [5.74, 6) is 0.536. The van der Waals surface area contributed by atoms with Crippen LogP contribution < -0.4 is 10.1 Å². The fraction of sp³-hybridized carbons (Fsp3) is 0.278. The first kappa shape index (κ1) is 17.7. The molecule has 1 unspecified atom stereocenters. The molecular formula is C18H18IN3O3. The number of halogens is 1. The predicted molar refractivity (Wildman–Crippen MR) is 101 cm³/mol. The Morgan fingerprint density at radius 2 is 2.16 bits per heavy atom. The summed E-state index contributed by atoms with van der Waals surface area (Å²) in [5, 5.41) is 2.81. The highest BCUT2D eigenvalue weighted by Gasteiger charge is 2.33. The molecule has 25 heavy (non-hydrogen) atoms. The van der Waals surface area contributed by atoms with Gasteiger partial charge in [-0.3, -0.25) is 14.6 Å². The van der Waals surface area contributed by atoms with Gasteiger partial charge in [-0.2, -0.15) is 0 Å². The summed E-state index contributed by atoms with van der Waals surface area (Å²) in [6.45, 7) is 0.450. The van der Waals surface area contributed by atoms with Crippen LogP contribution in [0.2, 0.25) is 0 Å². The second-order valence-corrected chi connectivity index (χ2v) is 6.89. The maximum absolute atomic E-state index is 12.8. The van der Waals surface area contributed by atoms with Crippen LogP contribution in [0.5, 0.6) is 5.75 Å². The summed E-state index contributed by atoms with van der Waals surface area (Å²) in [6.07, 6.45) is 3.82. The molecule has 6 nitrogen and oxygen atoms in total. The zero-order chi connectivity index (χ0) is 17.8. The number of rotatable bonds is 5. The van der Waals surface area contributed by atoms with Gasteiger partial charge in [0.15, 0.2) is 0 Å². The van der Waals surface area contributed by atoms with E-state index in [-0.39, 0.29) is 18.4 Å². The highest BCUT2D eigenvalue weighted by atomic mass is 127. The van der Waals surface area contributed by atoms with Gasteiger partial charge in [0.1, 0.15) is 11.8 Å². The van der Waals surface area contributed by atoms with Gasteiger partial charge in [-0.1, -0.05) is 18.2 Å². The van der Waals surface area contributed by atoms with Gasteiger partial charge in [-0.05, 0) is 45.9 Å². The normalized spacial score (nSPS) is 17.4. The van der Waals surface area contributed by atoms with Gasteiger partial charge >= 0.3 is 0 Å². The van der Waals surface area contributed by atoms with Gasteiger partial charge in [0.25, 0.3) is 0 Å². The van der Waals surface area contributed by atoms with Gasteiger partial charge in [-0.15, -0.1) is 0 Å². The first-order valence-corrected chi connectivity index (χ1v) is 8.95. The number of aromatic nitrogens is 1. The minimum atomic E-state index is -0.571. The molecule has 0 bridgehead atoms. The molecule has 0 aliphatic carbocycles. The van der Waals surface area contributed by atoms with Crippen molar-refractivity contribution in [3.8, 4) is 5.75 Å². The number of amides is 2. The maximum Gasteiger partial charge on any atom is 0.246 e. The molecule has 1 saturated heterocycles. The first-order chi connectivity index (χ1) is 12.1. The summed E-state index contributed by atoms with van der Waals surface area (Å²) in [5.41, 5.74) is 1.88. The Hall–Kier alpha value is -2.16. The number of benzene rings is 1. The number of nitrogens with one attached hydrogen (secondary N) is 1. The Labute approximate surface area is 159 Å². The van der Waals surface area contributed by atoms with Crippen molar-refractivity contribution < 1.29 is 14.3 Å². The quantitative estimate of drug-likeness (QED) is 0.704. The Morgan fingerprint density at radius 3 is 2.88 bits per heavy atom. The van der Waals surface area contributed by atoms with Crippen LogP contribution in [0, 0.1) is 3.57 Å². The van der Waals surface area contributed by atoms with Crippen molar-refractivity contribution in [1.29, 1.82) is 0 Å². The minimum absolute atomic E-state index is 0.0689. The molecule has 1 aliphatic heterocycles. The van der Waals surface area contributed by atoms with Gasteiger partial charge in [0.05, 0.1) is 17.2 Å². The van der Waals surface area contributed by atoms with Crippen molar-refractivity contribution >= 4 is 34.4 Å². The van der Waals surface area contributed by atoms with E-state index in [1.165, 1.54) is 0 Å². The van der Waals surface area contributed by atoms with Crippen molar-refractivity contribution in [1.82, 2.24) is 15.2 Å². The molecule has 1 aromatic heterocycles. The molecule has 130 valence electrons. The fourth-order valence-electron chi connectivity index (χ4n) is 2.85. The van der Waals surface area contributed by atoms with E-state index in [4.69, 9.17) is 4.74 Å². The van der Waals surface area contributed by atoms with E-state index in [2.05, 4.69) is 32.9 Å². The Balaban J connectivity index is 1.77. The minimum Gasteiger partial charge on any atom is -0.496 e. The second-order valence-electron chi connectivity index (χ2n) is 5.81. The van der Waals surface area contributed by atoms with Crippen LogP contribution in [0.25, 0.3) is 0 Å².